The topological polar surface area (TPSA) is 44.3 Å². The molecule has 0 unspecified atom stereocenters. The van der Waals surface area contributed by atoms with Crippen LogP contribution in [0.15, 0.2) is 46.8 Å². The summed E-state index contributed by atoms with van der Waals surface area (Å²) in [4.78, 5) is 8.47. The first kappa shape index (κ1) is 23.7. The summed E-state index contributed by atoms with van der Waals surface area (Å²) in [6, 6.07) is 11.0. The van der Waals surface area contributed by atoms with Crippen molar-refractivity contribution in [1.82, 2.24) is 14.8 Å². The molecule has 0 spiro atoms. The number of hydrogen-bond acceptors (Lipinski definition) is 5. The lowest BCUT2D eigenvalue weighted by atomic mass is 10.1. The van der Waals surface area contributed by atoms with Crippen molar-refractivity contribution in [2.75, 3.05) is 7.11 Å². The van der Waals surface area contributed by atoms with Crippen LogP contribution in [0.1, 0.15) is 19.5 Å². The van der Waals surface area contributed by atoms with Gasteiger partial charge in [0.2, 0.25) is 5.13 Å². The van der Waals surface area contributed by atoms with E-state index < -0.39 is 0 Å². The molecule has 0 aliphatic rings. The Morgan fingerprint density at radius 1 is 1.12 bits per heavy atom. The molecular weight excluding hydrogens is 495 g/mol. The molecule has 0 aliphatic carbocycles. The minimum atomic E-state index is 0.388. The van der Waals surface area contributed by atoms with Crippen molar-refractivity contribution in [3.63, 3.8) is 0 Å². The molecule has 0 N–H and O–H groups in total. The third-order valence-electron chi connectivity index (χ3n) is 4.78. The molecule has 4 rings (SSSR count). The van der Waals surface area contributed by atoms with Crippen LogP contribution in [0.25, 0.3) is 32.4 Å². The number of methoxy groups -OCH3 is 1. The average Bonchev–Trinajstić information content (AvgIpc) is 3.38. The molecule has 0 radical (unpaired) electrons. The molecule has 2 aromatic carbocycles. The van der Waals surface area contributed by atoms with E-state index in [-0.39, 0.29) is 0 Å². The first-order valence-electron chi connectivity index (χ1n) is 10.1. The molecule has 0 saturated heterocycles. The van der Waals surface area contributed by atoms with Crippen molar-refractivity contribution in [1.29, 1.82) is 0 Å². The Morgan fingerprint density at radius 3 is 2.58 bits per heavy atom. The second-order valence-corrected chi connectivity index (χ2v) is 11.2. The van der Waals surface area contributed by atoms with Gasteiger partial charge >= 0.3 is 0 Å². The Kier molecular flexibility index (Phi) is 7.01. The summed E-state index contributed by atoms with van der Waals surface area (Å²) in [7, 11) is 1.59. The zero-order valence-electron chi connectivity index (χ0n) is 18.4. The molecular formula is C24H20Cl2N4OS2. The molecule has 0 saturated carbocycles. The molecule has 33 heavy (non-hydrogen) atoms. The number of hydrogen-bond donors (Lipinski definition) is 0. The molecule has 2 aromatic heterocycles. The van der Waals surface area contributed by atoms with Crippen molar-refractivity contribution in [3.05, 3.63) is 69.8 Å². The number of aromatic nitrogens is 3. The number of thiazole rings is 1. The van der Waals surface area contributed by atoms with Gasteiger partial charge in [-0.3, -0.25) is 0 Å². The molecule has 2 heterocycles. The number of rotatable bonds is 6. The highest BCUT2D eigenvalue weighted by atomic mass is 35.5. The maximum Gasteiger partial charge on any atom is 0.211 e. The molecule has 5 nitrogen and oxygen atoms in total. The highest BCUT2D eigenvalue weighted by Crippen LogP contribution is 2.41. The van der Waals surface area contributed by atoms with Gasteiger partial charge in [-0.05, 0) is 42.8 Å². The minimum absolute atomic E-state index is 0.388. The Hall–Kier alpha value is -2.50. The summed E-state index contributed by atoms with van der Waals surface area (Å²) in [6.45, 7) is 13.6. The standard InChI is InChI=1S/C24H20Cl2N4OS2/c1-13(2)32-23-22(15-6-7-20(25)21(26)10-15)28-24(33-23)30-12-19(14(3)29-30)16-8-17(27-4)11-18(9-16)31-5/h6-13H,1-3,5H3. The predicted octanol–water partition coefficient (Wildman–Crippen LogP) is 8.34. The van der Waals surface area contributed by atoms with Crippen molar-refractivity contribution in [3.8, 4) is 33.3 Å². The Balaban J connectivity index is 1.80. The zero-order chi connectivity index (χ0) is 23.7. The average molecular weight is 515 g/mol. The van der Waals surface area contributed by atoms with E-state index in [2.05, 4.69) is 18.7 Å². The van der Waals surface area contributed by atoms with Crippen molar-refractivity contribution in [2.24, 2.45) is 0 Å². The van der Waals surface area contributed by atoms with Gasteiger partial charge in [0.1, 0.15) is 5.75 Å². The number of thioether (sulfide) groups is 1. The fraction of sp³-hybridized carbons (Fsp3) is 0.208. The number of benzene rings is 2. The number of halogens is 2. The second-order valence-electron chi connectivity index (χ2n) is 7.53. The monoisotopic (exact) mass is 514 g/mol. The van der Waals surface area contributed by atoms with Crippen molar-refractivity contribution in [2.45, 2.75) is 30.2 Å². The summed E-state index contributed by atoms with van der Waals surface area (Å²) >= 11 is 15.7. The third-order valence-corrected chi connectivity index (χ3v) is 7.78. The quantitative estimate of drug-likeness (QED) is 0.191. The number of ether oxygens (including phenoxy) is 1. The first-order valence-corrected chi connectivity index (χ1v) is 12.5. The smallest absolute Gasteiger partial charge is 0.211 e. The van der Waals surface area contributed by atoms with Crippen LogP contribution in [-0.4, -0.2) is 27.1 Å². The van der Waals surface area contributed by atoms with Gasteiger partial charge in [-0.2, -0.15) is 5.10 Å². The van der Waals surface area contributed by atoms with Gasteiger partial charge in [-0.1, -0.05) is 54.5 Å². The van der Waals surface area contributed by atoms with Gasteiger partial charge in [0.25, 0.3) is 0 Å². The predicted molar refractivity (Wildman–Crippen MR) is 139 cm³/mol. The van der Waals surface area contributed by atoms with Crippen LogP contribution < -0.4 is 4.74 Å². The fourth-order valence-electron chi connectivity index (χ4n) is 3.28. The van der Waals surface area contributed by atoms with E-state index in [1.807, 2.05) is 37.4 Å². The molecule has 4 aromatic rings. The maximum atomic E-state index is 7.38. The molecule has 168 valence electrons. The number of aryl methyl sites for hydroxylation is 1. The first-order chi connectivity index (χ1) is 15.8. The Morgan fingerprint density at radius 2 is 1.91 bits per heavy atom. The molecule has 0 amide bonds. The van der Waals surface area contributed by atoms with Crippen LogP contribution in [0.3, 0.4) is 0 Å². The van der Waals surface area contributed by atoms with Crippen LogP contribution in [0.4, 0.5) is 5.69 Å². The van der Waals surface area contributed by atoms with E-state index in [0.29, 0.717) is 26.7 Å². The lowest BCUT2D eigenvalue weighted by molar-refractivity contribution is 0.415. The fourth-order valence-corrected chi connectivity index (χ4v) is 6.02. The molecule has 0 aliphatic heterocycles. The molecule has 0 fully saturated rings. The van der Waals surface area contributed by atoms with E-state index in [4.69, 9.17) is 44.6 Å². The van der Waals surface area contributed by atoms with E-state index in [0.717, 1.165) is 37.4 Å². The number of nitrogens with zero attached hydrogens (tertiary/aromatic N) is 4. The summed E-state index contributed by atoms with van der Waals surface area (Å²) in [5.74, 6) is 0.637. The van der Waals surface area contributed by atoms with Crippen LogP contribution in [0.2, 0.25) is 10.0 Å². The SMILES string of the molecule is [C-]#[N+]c1cc(OC)cc(-c2cn(-c3nc(-c4ccc(Cl)c(Cl)c4)c(SC(C)C)s3)nc2C)c1. The van der Waals surface area contributed by atoms with Crippen molar-refractivity contribution < 1.29 is 4.74 Å². The van der Waals surface area contributed by atoms with E-state index in [1.165, 1.54) is 0 Å². The van der Waals surface area contributed by atoms with Gasteiger partial charge in [-0.25, -0.2) is 14.5 Å². The third kappa shape index (κ3) is 5.04. The van der Waals surface area contributed by atoms with Gasteiger partial charge < -0.3 is 4.74 Å². The van der Waals surface area contributed by atoms with Crippen molar-refractivity contribution >= 4 is 52.0 Å². The lowest BCUT2D eigenvalue weighted by Gasteiger charge is -2.05. The normalized spacial score (nSPS) is 11.1. The highest BCUT2D eigenvalue weighted by Gasteiger charge is 2.19. The van der Waals surface area contributed by atoms with Crippen LogP contribution in [0, 0.1) is 13.5 Å². The lowest BCUT2D eigenvalue weighted by Crippen LogP contribution is -1.94. The van der Waals surface area contributed by atoms with Gasteiger partial charge in [0.15, 0.2) is 5.69 Å². The summed E-state index contributed by atoms with van der Waals surface area (Å²) in [5.41, 5.74) is 4.92. The molecule has 0 atom stereocenters. The minimum Gasteiger partial charge on any atom is -0.498 e. The Labute approximate surface area is 211 Å². The molecule has 0 bridgehead atoms. The van der Waals surface area contributed by atoms with Gasteiger partial charge in [0, 0.05) is 22.6 Å². The van der Waals surface area contributed by atoms with E-state index >= 15 is 0 Å². The summed E-state index contributed by atoms with van der Waals surface area (Å²) in [5, 5.41) is 6.86. The van der Waals surface area contributed by atoms with Crippen LogP contribution >= 0.6 is 46.3 Å². The zero-order valence-corrected chi connectivity index (χ0v) is 21.5. The largest absolute Gasteiger partial charge is 0.498 e. The Bertz CT molecular complexity index is 1370. The maximum absolute atomic E-state index is 7.38. The highest BCUT2D eigenvalue weighted by molar-refractivity contribution is 8.01. The van der Waals surface area contributed by atoms with E-state index in [9.17, 15) is 0 Å². The van der Waals surface area contributed by atoms with Crippen LogP contribution in [0.5, 0.6) is 5.75 Å². The summed E-state index contributed by atoms with van der Waals surface area (Å²) < 4.78 is 8.25. The van der Waals surface area contributed by atoms with Gasteiger partial charge in [0.05, 0.1) is 39.3 Å². The van der Waals surface area contributed by atoms with Gasteiger partial charge in [-0.15, -0.1) is 11.8 Å². The van der Waals surface area contributed by atoms with Crippen LogP contribution in [-0.2, 0) is 0 Å². The van der Waals surface area contributed by atoms with E-state index in [1.54, 1.807) is 47.0 Å². The second kappa shape index (κ2) is 9.78. The molecule has 9 heteroatoms. The summed E-state index contributed by atoms with van der Waals surface area (Å²) in [6.07, 6.45) is 1.94.